The number of furan rings is 1. The van der Waals surface area contributed by atoms with E-state index in [1.165, 1.54) is 7.11 Å². The highest BCUT2D eigenvalue weighted by molar-refractivity contribution is 5.89. The molecule has 0 amide bonds. The zero-order valence-corrected chi connectivity index (χ0v) is 14.8. The average molecular weight is 353 g/mol. The number of benzene rings is 2. The number of carbonyl (C=O) groups is 1. The van der Waals surface area contributed by atoms with Gasteiger partial charge in [-0.15, -0.1) is 0 Å². The quantitative estimate of drug-likeness (QED) is 0.479. The SMILES string of the molecule is COC(=O)c1ccc(CCCNCC(O)c2cc3ccccc3o2)cc1. The maximum absolute atomic E-state index is 11.4. The minimum Gasteiger partial charge on any atom is -0.465 e. The van der Waals surface area contributed by atoms with E-state index in [0.717, 1.165) is 35.9 Å². The maximum atomic E-state index is 11.4. The van der Waals surface area contributed by atoms with Gasteiger partial charge in [0.15, 0.2) is 0 Å². The first-order chi connectivity index (χ1) is 12.7. The van der Waals surface area contributed by atoms with Crippen LogP contribution in [0.2, 0.25) is 0 Å². The molecule has 26 heavy (non-hydrogen) atoms. The number of esters is 1. The van der Waals surface area contributed by atoms with Crippen LogP contribution in [0, 0.1) is 0 Å². The third kappa shape index (κ3) is 4.50. The molecule has 0 radical (unpaired) electrons. The zero-order valence-electron chi connectivity index (χ0n) is 14.8. The molecule has 0 fully saturated rings. The van der Waals surface area contributed by atoms with Crippen LogP contribution in [0.1, 0.15) is 34.2 Å². The Morgan fingerprint density at radius 1 is 1.19 bits per heavy atom. The Balaban J connectivity index is 1.40. The Kier molecular flexibility index (Phi) is 6.04. The monoisotopic (exact) mass is 353 g/mol. The molecule has 2 N–H and O–H groups in total. The molecule has 0 aliphatic carbocycles. The van der Waals surface area contributed by atoms with Crippen LogP contribution in [0.4, 0.5) is 0 Å². The largest absolute Gasteiger partial charge is 0.465 e. The summed E-state index contributed by atoms with van der Waals surface area (Å²) in [5, 5.41) is 14.5. The number of aliphatic hydroxyl groups excluding tert-OH is 1. The van der Waals surface area contributed by atoms with Gasteiger partial charge in [-0.25, -0.2) is 4.79 Å². The molecule has 0 saturated heterocycles. The summed E-state index contributed by atoms with van der Waals surface area (Å²) in [7, 11) is 1.38. The van der Waals surface area contributed by atoms with Crippen molar-refractivity contribution in [2.75, 3.05) is 20.2 Å². The van der Waals surface area contributed by atoms with E-state index in [1.807, 2.05) is 42.5 Å². The van der Waals surface area contributed by atoms with Gasteiger partial charge >= 0.3 is 5.97 Å². The number of hydrogen-bond acceptors (Lipinski definition) is 5. The number of carbonyl (C=O) groups excluding carboxylic acids is 1. The first-order valence-corrected chi connectivity index (χ1v) is 8.72. The Morgan fingerprint density at radius 2 is 1.96 bits per heavy atom. The summed E-state index contributed by atoms with van der Waals surface area (Å²) in [5.74, 6) is 0.259. The van der Waals surface area contributed by atoms with Crippen molar-refractivity contribution >= 4 is 16.9 Å². The molecule has 5 heteroatoms. The average Bonchev–Trinajstić information content (AvgIpc) is 3.12. The summed E-state index contributed by atoms with van der Waals surface area (Å²) in [5.41, 5.74) is 2.51. The van der Waals surface area contributed by atoms with Crippen LogP contribution in [0.25, 0.3) is 11.0 Å². The van der Waals surface area contributed by atoms with Gasteiger partial charge in [0, 0.05) is 11.9 Å². The van der Waals surface area contributed by atoms with Crippen molar-refractivity contribution in [1.29, 1.82) is 0 Å². The fourth-order valence-corrected chi connectivity index (χ4v) is 2.85. The van der Waals surface area contributed by atoms with Crippen molar-refractivity contribution in [2.45, 2.75) is 18.9 Å². The van der Waals surface area contributed by atoms with Crippen LogP contribution in [-0.2, 0) is 11.2 Å². The van der Waals surface area contributed by atoms with Crippen molar-refractivity contribution in [2.24, 2.45) is 0 Å². The zero-order chi connectivity index (χ0) is 18.4. The summed E-state index contributed by atoms with van der Waals surface area (Å²) < 4.78 is 10.4. The van der Waals surface area contributed by atoms with Crippen LogP contribution in [0.3, 0.4) is 0 Å². The van der Waals surface area contributed by atoms with Crippen molar-refractivity contribution in [3.8, 4) is 0 Å². The van der Waals surface area contributed by atoms with E-state index in [9.17, 15) is 9.90 Å². The van der Waals surface area contributed by atoms with Gasteiger partial charge in [-0.3, -0.25) is 0 Å². The molecule has 1 unspecified atom stereocenters. The molecule has 0 spiro atoms. The van der Waals surface area contributed by atoms with E-state index in [4.69, 9.17) is 4.42 Å². The molecule has 3 aromatic rings. The van der Waals surface area contributed by atoms with Crippen LogP contribution in [0.15, 0.2) is 59.0 Å². The lowest BCUT2D eigenvalue weighted by molar-refractivity contribution is 0.0600. The van der Waals surface area contributed by atoms with E-state index in [1.54, 1.807) is 12.1 Å². The standard InChI is InChI=1S/C21H23NO4/c1-25-21(24)16-10-8-15(9-11-16)5-4-12-22-14-18(23)20-13-17-6-2-3-7-19(17)26-20/h2-3,6-11,13,18,22-23H,4-5,12,14H2,1H3. The smallest absolute Gasteiger partial charge is 0.337 e. The first kappa shape index (κ1) is 18.2. The summed E-state index contributed by atoms with van der Waals surface area (Å²) in [6, 6.07) is 17.0. The van der Waals surface area contributed by atoms with Crippen LogP contribution in [-0.4, -0.2) is 31.3 Å². The van der Waals surface area contributed by atoms with Gasteiger partial charge in [-0.1, -0.05) is 30.3 Å². The second-order valence-corrected chi connectivity index (χ2v) is 6.20. The fourth-order valence-electron chi connectivity index (χ4n) is 2.85. The second kappa shape index (κ2) is 8.65. The molecule has 136 valence electrons. The van der Waals surface area contributed by atoms with Crippen molar-refractivity contribution in [1.82, 2.24) is 5.32 Å². The lowest BCUT2D eigenvalue weighted by Crippen LogP contribution is -2.22. The lowest BCUT2D eigenvalue weighted by Gasteiger charge is -2.09. The molecule has 0 bridgehead atoms. The van der Waals surface area contributed by atoms with Gasteiger partial charge in [-0.2, -0.15) is 0 Å². The van der Waals surface area contributed by atoms with E-state index in [0.29, 0.717) is 17.9 Å². The first-order valence-electron chi connectivity index (χ1n) is 8.72. The highest BCUT2D eigenvalue weighted by Crippen LogP contribution is 2.23. The second-order valence-electron chi connectivity index (χ2n) is 6.20. The number of aryl methyl sites for hydroxylation is 1. The summed E-state index contributed by atoms with van der Waals surface area (Å²) in [6.07, 6.45) is 1.17. The Bertz CT molecular complexity index is 821. The normalized spacial score (nSPS) is 12.2. The van der Waals surface area contributed by atoms with E-state index in [2.05, 4.69) is 10.1 Å². The summed E-state index contributed by atoms with van der Waals surface area (Å²) >= 11 is 0. The third-order valence-corrected chi connectivity index (χ3v) is 4.30. The molecule has 5 nitrogen and oxygen atoms in total. The van der Waals surface area contributed by atoms with Crippen molar-refractivity contribution in [3.63, 3.8) is 0 Å². The minimum atomic E-state index is -0.665. The van der Waals surface area contributed by atoms with Crippen molar-refractivity contribution < 1.29 is 19.1 Å². The molecule has 0 aliphatic rings. The van der Waals surface area contributed by atoms with E-state index in [-0.39, 0.29) is 5.97 Å². The number of rotatable bonds is 8. The molecular weight excluding hydrogens is 330 g/mol. The maximum Gasteiger partial charge on any atom is 0.337 e. The number of aliphatic hydroxyl groups is 1. The molecule has 1 aromatic heterocycles. The van der Waals surface area contributed by atoms with Crippen LogP contribution >= 0.6 is 0 Å². The molecule has 2 aromatic carbocycles. The predicted octanol–water partition coefficient (Wildman–Crippen LogP) is 3.48. The van der Waals surface area contributed by atoms with Gasteiger partial charge in [0.1, 0.15) is 17.4 Å². The van der Waals surface area contributed by atoms with E-state index >= 15 is 0 Å². The van der Waals surface area contributed by atoms with Gasteiger partial charge in [0.2, 0.25) is 0 Å². The highest BCUT2D eigenvalue weighted by Gasteiger charge is 2.12. The minimum absolute atomic E-state index is 0.321. The third-order valence-electron chi connectivity index (χ3n) is 4.30. The highest BCUT2D eigenvalue weighted by atomic mass is 16.5. The Hall–Kier alpha value is -2.63. The van der Waals surface area contributed by atoms with Gasteiger partial charge in [-0.05, 0) is 49.2 Å². The Morgan fingerprint density at radius 3 is 2.69 bits per heavy atom. The number of para-hydroxylation sites is 1. The number of methoxy groups -OCH3 is 1. The lowest BCUT2D eigenvalue weighted by atomic mass is 10.1. The van der Waals surface area contributed by atoms with Gasteiger partial charge in [0.25, 0.3) is 0 Å². The molecule has 0 aliphatic heterocycles. The Labute approximate surface area is 152 Å². The molecular formula is C21H23NO4. The topological polar surface area (TPSA) is 71.7 Å². The van der Waals surface area contributed by atoms with Gasteiger partial charge < -0.3 is 19.6 Å². The predicted molar refractivity (Wildman–Crippen MR) is 100 cm³/mol. The molecule has 1 atom stereocenters. The van der Waals surface area contributed by atoms with Crippen molar-refractivity contribution in [3.05, 3.63) is 71.5 Å². The van der Waals surface area contributed by atoms with E-state index < -0.39 is 6.10 Å². The van der Waals surface area contributed by atoms with Crippen LogP contribution < -0.4 is 5.32 Å². The number of ether oxygens (including phenoxy) is 1. The van der Waals surface area contributed by atoms with Crippen LogP contribution in [0.5, 0.6) is 0 Å². The molecule has 1 heterocycles. The number of nitrogens with one attached hydrogen (secondary N) is 1. The fraction of sp³-hybridized carbons (Fsp3) is 0.286. The van der Waals surface area contributed by atoms with Gasteiger partial charge in [0.05, 0.1) is 12.7 Å². The number of hydrogen-bond donors (Lipinski definition) is 2. The molecule has 3 rings (SSSR count). The number of fused-ring (bicyclic) bond motifs is 1. The molecule has 0 saturated carbocycles. The summed E-state index contributed by atoms with van der Waals surface area (Å²) in [6.45, 7) is 1.23. The summed E-state index contributed by atoms with van der Waals surface area (Å²) in [4.78, 5) is 11.4.